The molecule has 26 heavy (non-hydrogen) atoms. The van der Waals surface area contributed by atoms with E-state index in [4.69, 9.17) is 10.5 Å². The molecular formula is C18H22N4O3S. The minimum absolute atomic E-state index is 0.0233. The third-order valence-corrected chi connectivity index (χ3v) is 5.04. The fourth-order valence-corrected chi connectivity index (χ4v) is 3.46. The van der Waals surface area contributed by atoms with E-state index in [-0.39, 0.29) is 17.9 Å². The maximum absolute atomic E-state index is 12.1. The van der Waals surface area contributed by atoms with Gasteiger partial charge >= 0.3 is 0 Å². The van der Waals surface area contributed by atoms with Crippen LogP contribution in [0.15, 0.2) is 35.7 Å². The molecule has 2 heterocycles. The second-order valence-corrected chi connectivity index (χ2v) is 7.00. The van der Waals surface area contributed by atoms with E-state index in [9.17, 15) is 9.59 Å². The number of rotatable bonds is 7. The average Bonchev–Trinajstić information content (AvgIpc) is 3.34. The lowest BCUT2D eigenvalue weighted by atomic mass is 10.2. The molecule has 2 aromatic rings. The molecular weight excluding hydrogens is 352 g/mol. The highest BCUT2D eigenvalue weighted by Crippen LogP contribution is 2.19. The first-order valence-electron chi connectivity index (χ1n) is 8.55. The highest BCUT2D eigenvalue weighted by molar-refractivity contribution is 7.09. The lowest BCUT2D eigenvalue weighted by Gasteiger charge is -2.11. The Morgan fingerprint density at radius 1 is 1.19 bits per heavy atom. The predicted octanol–water partition coefficient (Wildman–Crippen LogP) is 1.20. The first-order chi connectivity index (χ1) is 12.7. The molecule has 1 fully saturated rings. The normalized spacial score (nSPS) is 19.3. The molecule has 1 saturated heterocycles. The van der Waals surface area contributed by atoms with Crippen LogP contribution in [-0.2, 0) is 22.6 Å². The summed E-state index contributed by atoms with van der Waals surface area (Å²) in [5.41, 5.74) is 6.93. The molecule has 1 aromatic carbocycles. The summed E-state index contributed by atoms with van der Waals surface area (Å²) < 4.78 is 5.57. The molecule has 1 aromatic heterocycles. The molecule has 3 rings (SSSR count). The Bertz CT molecular complexity index is 750. The van der Waals surface area contributed by atoms with E-state index in [2.05, 4.69) is 15.6 Å². The molecule has 138 valence electrons. The van der Waals surface area contributed by atoms with E-state index < -0.39 is 6.10 Å². The Kier molecular flexibility index (Phi) is 6.32. The maximum Gasteiger partial charge on any atom is 0.251 e. The van der Waals surface area contributed by atoms with Crippen LogP contribution in [0.2, 0.25) is 0 Å². The third kappa shape index (κ3) is 4.87. The summed E-state index contributed by atoms with van der Waals surface area (Å²) in [7, 11) is 0. The fourth-order valence-electron chi connectivity index (χ4n) is 2.72. The molecule has 2 amide bonds. The Labute approximate surface area is 156 Å². The zero-order chi connectivity index (χ0) is 18.4. The lowest BCUT2D eigenvalue weighted by Crippen LogP contribution is -2.35. The number of benzene rings is 1. The third-order valence-electron chi connectivity index (χ3n) is 4.14. The molecule has 8 heteroatoms. The number of ether oxygens (including phenoxy) is 1. The van der Waals surface area contributed by atoms with Crippen molar-refractivity contribution in [1.82, 2.24) is 15.6 Å². The van der Waals surface area contributed by atoms with Gasteiger partial charge in [-0.2, -0.15) is 0 Å². The quantitative estimate of drug-likeness (QED) is 0.675. The largest absolute Gasteiger partial charge is 0.364 e. The molecule has 0 radical (unpaired) electrons. The van der Waals surface area contributed by atoms with Crippen molar-refractivity contribution < 1.29 is 14.3 Å². The summed E-state index contributed by atoms with van der Waals surface area (Å²) in [5.74, 6) is -0.267. The van der Waals surface area contributed by atoms with Gasteiger partial charge < -0.3 is 21.1 Å². The molecule has 0 saturated carbocycles. The summed E-state index contributed by atoms with van der Waals surface area (Å²) in [6, 6.07) is 9.04. The van der Waals surface area contributed by atoms with Crippen LogP contribution < -0.4 is 16.4 Å². The lowest BCUT2D eigenvalue weighted by molar-refractivity contribution is -0.132. The monoisotopic (exact) mass is 374 g/mol. The van der Waals surface area contributed by atoms with E-state index in [1.807, 2.05) is 23.6 Å². The van der Waals surface area contributed by atoms with E-state index in [1.54, 1.807) is 12.1 Å². The Morgan fingerprint density at radius 2 is 2.00 bits per heavy atom. The highest BCUT2D eigenvalue weighted by atomic mass is 32.1. The molecule has 0 spiro atoms. The van der Waals surface area contributed by atoms with Gasteiger partial charge in [-0.05, 0) is 25.0 Å². The van der Waals surface area contributed by atoms with Crippen molar-refractivity contribution in [3.63, 3.8) is 0 Å². The first-order valence-corrected chi connectivity index (χ1v) is 9.43. The minimum Gasteiger partial charge on any atom is -0.364 e. The second kappa shape index (κ2) is 8.88. The average molecular weight is 374 g/mol. The van der Waals surface area contributed by atoms with Crippen molar-refractivity contribution in [1.29, 1.82) is 0 Å². The van der Waals surface area contributed by atoms with E-state index in [1.165, 1.54) is 11.3 Å². The number of carbonyl (C=O) groups is 2. The van der Waals surface area contributed by atoms with Gasteiger partial charge in [0.25, 0.3) is 5.91 Å². The van der Waals surface area contributed by atoms with Gasteiger partial charge in [0, 0.05) is 17.5 Å². The molecule has 0 bridgehead atoms. The SMILES string of the molecule is NC[C@H]1CC[C@@H](C(=O)NCc2csc(CNC(=O)c3ccccc3)n2)O1. The molecule has 1 aliphatic rings. The van der Waals surface area contributed by atoms with Crippen LogP contribution in [0.25, 0.3) is 0 Å². The number of hydrogen-bond acceptors (Lipinski definition) is 6. The molecule has 1 aliphatic heterocycles. The Hall–Kier alpha value is -2.29. The van der Waals surface area contributed by atoms with Crippen LogP contribution in [0.1, 0.15) is 33.9 Å². The van der Waals surface area contributed by atoms with Gasteiger partial charge in [0.15, 0.2) is 0 Å². The summed E-state index contributed by atoms with van der Waals surface area (Å²) in [6.07, 6.45) is 1.06. The standard InChI is InChI=1S/C18H22N4O3S/c19-8-14-6-7-15(25-14)18(24)20-9-13-11-26-16(22-13)10-21-17(23)12-4-2-1-3-5-12/h1-5,11,14-15H,6-10,19H2,(H,20,24)(H,21,23)/t14-,15+/m1/s1. The number of amides is 2. The fraction of sp³-hybridized carbons (Fsp3) is 0.389. The maximum atomic E-state index is 12.1. The highest BCUT2D eigenvalue weighted by Gasteiger charge is 2.29. The Morgan fingerprint density at radius 3 is 2.73 bits per heavy atom. The van der Waals surface area contributed by atoms with Crippen molar-refractivity contribution in [3.05, 3.63) is 52.0 Å². The number of thiazole rings is 1. The predicted molar refractivity (Wildman–Crippen MR) is 98.5 cm³/mol. The van der Waals surface area contributed by atoms with Crippen molar-refractivity contribution in [2.24, 2.45) is 5.73 Å². The van der Waals surface area contributed by atoms with Gasteiger partial charge in [-0.25, -0.2) is 4.98 Å². The summed E-state index contributed by atoms with van der Waals surface area (Å²) in [6.45, 7) is 1.14. The smallest absolute Gasteiger partial charge is 0.251 e. The van der Waals surface area contributed by atoms with E-state index in [0.29, 0.717) is 31.6 Å². The van der Waals surface area contributed by atoms with E-state index in [0.717, 1.165) is 17.1 Å². The van der Waals surface area contributed by atoms with Gasteiger partial charge in [0.2, 0.25) is 5.91 Å². The number of hydrogen-bond donors (Lipinski definition) is 3. The van der Waals surface area contributed by atoms with Crippen molar-refractivity contribution in [2.75, 3.05) is 6.54 Å². The van der Waals surface area contributed by atoms with Crippen LogP contribution in [-0.4, -0.2) is 35.6 Å². The van der Waals surface area contributed by atoms with Crippen LogP contribution in [0.5, 0.6) is 0 Å². The van der Waals surface area contributed by atoms with Gasteiger partial charge in [0.05, 0.1) is 24.9 Å². The van der Waals surface area contributed by atoms with Gasteiger partial charge in [-0.3, -0.25) is 9.59 Å². The van der Waals surface area contributed by atoms with Crippen molar-refractivity contribution >= 4 is 23.2 Å². The minimum atomic E-state index is -0.424. The topological polar surface area (TPSA) is 106 Å². The molecule has 0 unspecified atom stereocenters. The summed E-state index contributed by atoms with van der Waals surface area (Å²) >= 11 is 1.45. The zero-order valence-electron chi connectivity index (χ0n) is 14.3. The van der Waals surface area contributed by atoms with Gasteiger partial charge in [-0.1, -0.05) is 18.2 Å². The van der Waals surface area contributed by atoms with Crippen LogP contribution >= 0.6 is 11.3 Å². The van der Waals surface area contributed by atoms with Crippen molar-refractivity contribution in [2.45, 2.75) is 38.1 Å². The molecule has 0 aliphatic carbocycles. The van der Waals surface area contributed by atoms with Crippen LogP contribution in [0, 0.1) is 0 Å². The number of carbonyl (C=O) groups excluding carboxylic acids is 2. The number of nitrogens with one attached hydrogen (secondary N) is 2. The van der Waals surface area contributed by atoms with Crippen LogP contribution in [0.3, 0.4) is 0 Å². The molecule has 2 atom stereocenters. The number of aromatic nitrogens is 1. The number of nitrogens with two attached hydrogens (primary N) is 1. The Balaban J connectivity index is 1.43. The molecule has 7 nitrogen and oxygen atoms in total. The first kappa shape index (κ1) is 18.5. The van der Waals surface area contributed by atoms with Gasteiger partial charge in [-0.15, -0.1) is 11.3 Å². The second-order valence-electron chi connectivity index (χ2n) is 6.06. The zero-order valence-corrected chi connectivity index (χ0v) is 15.1. The number of nitrogens with zero attached hydrogens (tertiary/aromatic N) is 1. The summed E-state index contributed by atoms with van der Waals surface area (Å²) in [4.78, 5) is 28.6. The van der Waals surface area contributed by atoms with E-state index >= 15 is 0 Å². The molecule has 4 N–H and O–H groups in total. The van der Waals surface area contributed by atoms with Gasteiger partial charge in [0.1, 0.15) is 11.1 Å². The van der Waals surface area contributed by atoms with Crippen LogP contribution in [0.4, 0.5) is 0 Å². The summed E-state index contributed by atoms with van der Waals surface area (Å²) in [5, 5.41) is 8.35. The van der Waals surface area contributed by atoms with Crippen molar-refractivity contribution in [3.8, 4) is 0 Å².